The summed E-state index contributed by atoms with van der Waals surface area (Å²) in [5, 5.41) is 3.85. The summed E-state index contributed by atoms with van der Waals surface area (Å²) in [6, 6.07) is 6.23. The Morgan fingerprint density at radius 3 is 2.75 bits per heavy atom. The number of pyridine rings is 1. The SMILES string of the molecule is CCC1(C)CNC(C)(C2CC2)CN1Cc1ccccn1. The Kier molecular flexibility index (Phi) is 3.59. The van der Waals surface area contributed by atoms with E-state index in [9.17, 15) is 0 Å². The smallest absolute Gasteiger partial charge is 0.0544 e. The molecule has 110 valence electrons. The summed E-state index contributed by atoms with van der Waals surface area (Å²) in [5.74, 6) is 0.870. The van der Waals surface area contributed by atoms with Gasteiger partial charge in [-0.3, -0.25) is 9.88 Å². The summed E-state index contributed by atoms with van der Waals surface area (Å²) in [6.07, 6.45) is 5.86. The molecule has 0 bridgehead atoms. The molecule has 2 fully saturated rings. The van der Waals surface area contributed by atoms with E-state index in [0.29, 0.717) is 5.54 Å². The molecule has 1 aliphatic carbocycles. The van der Waals surface area contributed by atoms with Crippen molar-refractivity contribution in [2.24, 2.45) is 5.92 Å². The van der Waals surface area contributed by atoms with Gasteiger partial charge in [0.2, 0.25) is 0 Å². The molecule has 1 saturated heterocycles. The maximum Gasteiger partial charge on any atom is 0.0544 e. The van der Waals surface area contributed by atoms with Gasteiger partial charge in [-0.2, -0.15) is 0 Å². The fraction of sp³-hybridized carbons (Fsp3) is 0.706. The Morgan fingerprint density at radius 2 is 2.15 bits per heavy atom. The van der Waals surface area contributed by atoms with Gasteiger partial charge in [-0.05, 0) is 51.2 Å². The first-order valence-corrected chi connectivity index (χ1v) is 7.96. The number of nitrogens with one attached hydrogen (secondary N) is 1. The van der Waals surface area contributed by atoms with Crippen molar-refractivity contribution in [2.75, 3.05) is 13.1 Å². The third kappa shape index (κ3) is 2.61. The maximum atomic E-state index is 4.52. The van der Waals surface area contributed by atoms with Crippen LogP contribution in [-0.2, 0) is 6.54 Å². The Labute approximate surface area is 122 Å². The number of piperazine rings is 1. The Morgan fingerprint density at radius 1 is 1.35 bits per heavy atom. The van der Waals surface area contributed by atoms with Crippen molar-refractivity contribution < 1.29 is 0 Å². The van der Waals surface area contributed by atoms with Gasteiger partial charge in [0.05, 0.1) is 5.69 Å². The lowest BCUT2D eigenvalue weighted by molar-refractivity contribution is 0.00340. The van der Waals surface area contributed by atoms with E-state index >= 15 is 0 Å². The molecule has 2 atom stereocenters. The van der Waals surface area contributed by atoms with Crippen molar-refractivity contribution in [1.82, 2.24) is 15.2 Å². The highest BCUT2D eigenvalue weighted by molar-refractivity contribution is 5.10. The standard InChI is InChI=1S/C17H27N3/c1-4-16(2)12-19-17(3,14-8-9-14)13-20(16)11-15-7-5-6-10-18-15/h5-7,10,14,19H,4,8-9,11-13H2,1-3H3. The maximum absolute atomic E-state index is 4.52. The van der Waals surface area contributed by atoms with E-state index in [1.54, 1.807) is 0 Å². The summed E-state index contributed by atoms with van der Waals surface area (Å²) >= 11 is 0. The van der Waals surface area contributed by atoms with Gasteiger partial charge in [0.15, 0.2) is 0 Å². The van der Waals surface area contributed by atoms with Crippen LogP contribution in [0.3, 0.4) is 0 Å². The highest BCUT2D eigenvalue weighted by atomic mass is 15.3. The monoisotopic (exact) mass is 273 g/mol. The van der Waals surface area contributed by atoms with Gasteiger partial charge in [0.25, 0.3) is 0 Å². The van der Waals surface area contributed by atoms with E-state index < -0.39 is 0 Å². The van der Waals surface area contributed by atoms with Crippen molar-refractivity contribution in [3.8, 4) is 0 Å². The van der Waals surface area contributed by atoms with Crippen LogP contribution in [0, 0.1) is 5.92 Å². The molecule has 1 aromatic heterocycles. The molecule has 0 amide bonds. The Balaban J connectivity index is 1.79. The summed E-state index contributed by atoms with van der Waals surface area (Å²) < 4.78 is 0. The average molecular weight is 273 g/mol. The minimum absolute atomic E-state index is 0.242. The Bertz CT molecular complexity index is 457. The molecular formula is C17H27N3. The average Bonchev–Trinajstić information content (AvgIpc) is 3.29. The van der Waals surface area contributed by atoms with E-state index in [2.05, 4.69) is 48.1 Å². The van der Waals surface area contributed by atoms with E-state index in [1.807, 2.05) is 12.3 Å². The molecule has 1 aromatic rings. The second kappa shape index (κ2) is 5.12. The Hall–Kier alpha value is -0.930. The van der Waals surface area contributed by atoms with Crippen LogP contribution >= 0.6 is 0 Å². The summed E-state index contributed by atoms with van der Waals surface area (Å²) in [6.45, 7) is 10.3. The van der Waals surface area contributed by atoms with Crippen molar-refractivity contribution in [2.45, 2.75) is 57.7 Å². The molecule has 1 aliphatic heterocycles. The second-order valence-corrected chi connectivity index (χ2v) is 7.07. The molecule has 2 unspecified atom stereocenters. The summed E-state index contributed by atoms with van der Waals surface area (Å²) in [5.41, 5.74) is 1.72. The predicted molar refractivity (Wildman–Crippen MR) is 82.5 cm³/mol. The first kappa shape index (κ1) is 14.0. The normalized spacial score (nSPS) is 35.1. The van der Waals surface area contributed by atoms with Gasteiger partial charge in [-0.25, -0.2) is 0 Å². The molecule has 2 aliphatic rings. The van der Waals surface area contributed by atoms with Crippen LogP contribution in [0.5, 0.6) is 0 Å². The molecule has 3 nitrogen and oxygen atoms in total. The zero-order valence-electron chi connectivity index (χ0n) is 13.0. The molecule has 3 heteroatoms. The zero-order valence-corrected chi connectivity index (χ0v) is 13.0. The van der Waals surface area contributed by atoms with Crippen LogP contribution in [0.1, 0.15) is 45.7 Å². The number of aromatic nitrogens is 1. The molecule has 0 radical (unpaired) electrons. The van der Waals surface area contributed by atoms with Crippen LogP contribution in [0.2, 0.25) is 0 Å². The van der Waals surface area contributed by atoms with E-state index in [0.717, 1.165) is 25.6 Å². The summed E-state index contributed by atoms with van der Waals surface area (Å²) in [7, 11) is 0. The van der Waals surface area contributed by atoms with Gasteiger partial charge >= 0.3 is 0 Å². The van der Waals surface area contributed by atoms with Crippen LogP contribution < -0.4 is 5.32 Å². The van der Waals surface area contributed by atoms with Crippen LogP contribution in [0.25, 0.3) is 0 Å². The van der Waals surface area contributed by atoms with E-state index in [4.69, 9.17) is 0 Å². The van der Waals surface area contributed by atoms with Crippen molar-refractivity contribution in [3.63, 3.8) is 0 Å². The van der Waals surface area contributed by atoms with Crippen molar-refractivity contribution in [3.05, 3.63) is 30.1 Å². The van der Waals surface area contributed by atoms with Gasteiger partial charge in [0, 0.05) is 36.9 Å². The topological polar surface area (TPSA) is 28.2 Å². The van der Waals surface area contributed by atoms with E-state index in [-0.39, 0.29) is 5.54 Å². The fourth-order valence-electron chi connectivity index (χ4n) is 3.42. The predicted octanol–water partition coefficient (Wildman–Crippen LogP) is 2.82. The molecular weight excluding hydrogens is 246 g/mol. The lowest BCUT2D eigenvalue weighted by atomic mass is 9.84. The highest BCUT2D eigenvalue weighted by Crippen LogP contribution is 2.43. The first-order chi connectivity index (χ1) is 9.56. The van der Waals surface area contributed by atoms with Crippen molar-refractivity contribution >= 4 is 0 Å². The fourth-order valence-corrected chi connectivity index (χ4v) is 3.42. The van der Waals surface area contributed by atoms with Crippen LogP contribution in [0.4, 0.5) is 0 Å². The molecule has 3 rings (SSSR count). The molecule has 0 aromatic carbocycles. The zero-order chi connectivity index (χ0) is 14.2. The van der Waals surface area contributed by atoms with E-state index in [1.165, 1.54) is 25.0 Å². The third-order valence-electron chi connectivity index (χ3n) is 5.47. The second-order valence-electron chi connectivity index (χ2n) is 7.07. The lowest BCUT2D eigenvalue weighted by Crippen LogP contribution is -2.68. The largest absolute Gasteiger partial charge is 0.308 e. The van der Waals surface area contributed by atoms with Gasteiger partial charge in [-0.1, -0.05) is 13.0 Å². The van der Waals surface area contributed by atoms with Crippen LogP contribution in [0.15, 0.2) is 24.4 Å². The van der Waals surface area contributed by atoms with Crippen LogP contribution in [-0.4, -0.2) is 34.1 Å². The highest BCUT2D eigenvalue weighted by Gasteiger charge is 2.48. The minimum atomic E-state index is 0.242. The third-order valence-corrected chi connectivity index (χ3v) is 5.47. The van der Waals surface area contributed by atoms with Gasteiger partial charge in [-0.15, -0.1) is 0 Å². The number of nitrogens with zero attached hydrogens (tertiary/aromatic N) is 2. The molecule has 2 heterocycles. The van der Waals surface area contributed by atoms with Crippen molar-refractivity contribution in [1.29, 1.82) is 0 Å². The van der Waals surface area contributed by atoms with Gasteiger partial charge < -0.3 is 5.32 Å². The molecule has 0 spiro atoms. The quantitative estimate of drug-likeness (QED) is 0.914. The molecule has 20 heavy (non-hydrogen) atoms. The van der Waals surface area contributed by atoms with Gasteiger partial charge in [0.1, 0.15) is 0 Å². The minimum Gasteiger partial charge on any atom is -0.308 e. The lowest BCUT2D eigenvalue weighted by Gasteiger charge is -2.52. The molecule has 1 N–H and O–H groups in total. The first-order valence-electron chi connectivity index (χ1n) is 7.96. The number of rotatable bonds is 4. The summed E-state index contributed by atoms with van der Waals surface area (Å²) in [4.78, 5) is 7.18. The number of hydrogen-bond acceptors (Lipinski definition) is 3. The number of hydrogen-bond donors (Lipinski definition) is 1. The molecule has 1 saturated carbocycles.